The van der Waals surface area contributed by atoms with E-state index < -0.39 is 5.97 Å². The molecule has 8 heteroatoms. The van der Waals surface area contributed by atoms with Crippen molar-refractivity contribution in [1.82, 2.24) is 10.6 Å². The summed E-state index contributed by atoms with van der Waals surface area (Å²) in [5, 5.41) is 19.0. The lowest BCUT2D eigenvalue weighted by Gasteiger charge is -2.20. The Bertz CT molecular complexity index is 1390. The van der Waals surface area contributed by atoms with Crippen LogP contribution in [0.15, 0.2) is 64.0 Å². The number of carboxylic acids is 1. The monoisotopic (exact) mass is 489 g/mol. The lowest BCUT2D eigenvalue weighted by Crippen LogP contribution is -2.23. The van der Waals surface area contributed by atoms with Crippen molar-refractivity contribution in [1.29, 1.82) is 0 Å². The summed E-state index contributed by atoms with van der Waals surface area (Å²) in [6.07, 6.45) is 6.08. The van der Waals surface area contributed by atoms with Gasteiger partial charge in [0.1, 0.15) is 11.3 Å². The van der Waals surface area contributed by atoms with Gasteiger partial charge in [-0.3, -0.25) is 9.59 Å². The highest BCUT2D eigenvalue weighted by Gasteiger charge is 2.20. The van der Waals surface area contributed by atoms with Gasteiger partial charge >= 0.3 is 5.97 Å². The molecular weight excluding hydrogens is 458 g/mol. The smallest absolute Gasteiger partial charge is 0.337 e. The second kappa shape index (κ2) is 11.9. The quantitative estimate of drug-likeness (QED) is 0.177. The van der Waals surface area contributed by atoms with Crippen LogP contribution in [0.2, 0.25) is 0 Å². The molecule has 0 aliphatic rings. The van der Waals surface area contributed by atoms with Gasteiger partial charge in [0, 0.05) is 41.7 Å². The first-order valence-corrected chi connectivity index (χ1v) is 11.7. The topological polar surface area (TPSA) is 121 Å². The molecule has 0 aliphatic carbocycles. The fourth-order valence-corrected chi connectivity index (χ4v) is 4.03. The molecule has 1 aromatic heterocycles. The van der Waals surface area contributed by atoms with Crippen LogP contribution in [-0.4, -0.2) is 30.6 Å². The van der Waals surface area contributed by atoms with Crippen molar-refractivity contribution in [3.63, 3.8) is 0 Å². The number of amides is 1. The molecule has 188 valence electrons. The average Bonchev–Trinajstić information content (AvgIpc) is 2.85. The Morgan fingerprint density at radius 3 is 2.56 bits per heavy atom. The number of carboxylic acid groups (broad SMARTS) is 1. The Morgan fingerprint density at radius 2 is 1.86 bits per heavy atom. The van der Waals surface area contributed by atoms with Crippen LogP contribution in [0.5, 0.6) is 0 Å². The summed E-state index contributed by atoms with van der Waals surface area (Å²) in [6.45, 7) is 8.37. The molecule has 0 spiro atoms. The van der Waals surface area contributed by atoms with Gasteiger partial charge < -0.3 is 25.5 Å². The number of rotatable bonds is 11. The minimum absolute atomic E-state index is 0.132. The van der Waals surface area contributed by atoms with E-state index >= 15 is 0 Å². The summed E-state index contributed by atoms with van der Waals surface area (Å²) in [5.41, 5.74) is 3.75. The fourth-order valence-electron chi connectivity index (χ4n) is 4.03. The molecule has 0 bridgehead atoms. The standard InChI is InChI=1S/C28H31N3O5/c1-5-8-20(15-29-11-12-30-16-32)26-18(3)25(33)23-14-17(2)13-22(27(23)36-26)19(4)31-24-10-7-6-9-21(24)28(34)35/h5-10,13-16,19,29,31H,11-12H2,1-4H3,(H,30,32)(H,34,35)/b8-5+,20-15+. The molecule has 0 saturated carbocycles. The van der Waals surface area contributed by atoms with Crippen LogP contribution in [0.3, 0.4) is 0 Å². The maximum atomic E-state index is 13.4. The van der Waals surface area contributed by atoms with E-state index in [0.29, 0.717) is 53.1 Å². The average molecular weight is 490 g/mol. The van der Waals surface area contributed by atoms with Crippen LogP contribution in [0.25, 0.3) is 16.5 Å². The maximum Gasteiger partial charge on any atom is 0.337 e. The third-order valence-corrected chi connectivity index (χ3v) is 5.75. The zero-order chi connectivity index (χ0) is 26.2. The van der Waals surface area contributed by atoms with E-state index in [4.69, 9.17) is 4.42 Å². The number of carbonyl (C=O) groups excluding carboxylic acids is 1. The van der Waals surface area contributed by atoms with Crippen molar-refractivity contribution in [3.05, 3.63) is 93.0 Å². The van der Waals surface area contributed by atoms with E-state index in [1.165, 1.54) is 0 Å². The molecule has 4 N–H and O–H groups in total. The van der Waals surface area contributed by atoms with E-state index in [0.717, 1.165) is 11.1 Å². The van der Waals surface area contributed by atoms with Gasteiger partial charge in [-0.15, -0.1) is 0 Å². The second-order valence-corrected chi connectivity index (χ2v) is 8.46. The first-order valence-electron chi connectivity index (χ1n) is 11.7. The first-order chi connectivity index (χ1) is 17.3. The van der Waals surface area contributed by atoms with Gasteiger partial charge in [-0.05, 0) is 51.5 Å². The fraction of sp³-hybridized carbons (Fsp3) is 0.250. The zero-order valence-corrected chi connectivity index (χ0v) is 20.8. The van der Waals surface area contributed by atoms with Crippen molar-refractivity contribution in [2.45, 2.75) is 33.7 Å². The van der Waals surface area contributed by atoms with Crippen molar-refractivity contribution >= 4 is 34.6 Å². The van der Waals surface area contributed by atoms with Crippen LogP contribution in [0, 0.1) is 13.8 Å². The van der Waals surface area contributed by atoms with Crippen molar-refractivity contribution in [3.8, 4) is 0 Å². The number of hydrogen-bond acceptors (Lipinski definition) is 6. The lowest BCUT2D eigenvalue weighted by molar-refractivity contribution is -0.109. The van der Waals surface area contributed by atoms with Crippen molar-refractivity contribution < 1.29 is 19.1 Å². The number of aryl methyl sites for hydroxylation is 1. The number of para-hydroxylation sites is 1. The number of allylic oxidation sites excluding steroid dienone is 3. The molecule has 1 atom stereocenters. The van der Waals surface area contributed by atoms with E-state index in [-0.39, 0.29) is 17.0 Å². The molecule has 8 nitrogen and oxygen atoms in total. The van der Waals surface area contributed by atoms with Gasteiger partial charge in [-0.1, -0.05) is 30.4 Å². The van der Waals surface area contributed by atoms with Crippen molar-refractivity contribution in [2.75, 3.05) is 18.4 Å². The largest absolute Gasteiger partial charge is 0.478 e. The van der Waals surface area contributed by atoms with Gasteiger partial charge in [-0.25, -0.2) is 4.79 Å². The number of aromatic carboxylic acids is 1. The summed E-state index contributed by atoms with van der Waals surface area (Å²) in [4.78, 5) is 35.6. The summed E-state index contributed by atoms with van der Waals surface area (Å²) >= 11 is 0. The zero-order valence-electron chi connectivity index (χ0n) is 20.8. The molecule has 3 rings (SSSR count). The Hall–Kier alpha value is -4.33. The summed E-state index contributed by atoms with van der Waals surface area (Å²) in [5.74, 6) is -0.592. The van der Waals surface area contributed by atoms with E-state index in [1.807, 2.05) is 45.1 Å². The molecule has 1 heterocycles. The Kier molecular flexibility index (Phi) is 8.67. The predicted molar refractivity (Wildman–Crippen MR) is 142 cm³/mol. The Balaban J connectivity index is 2.12. The molecule has 0 aliphatic heterocycles. The number of anilines is 1. The van der Waals surface area contributed by atoms with E-state index in [1.54, 1.807) is 37.4 Å². The molecule has 0 radical (unpaired) electrons. The van der Waals surface area contributed by atoms with Crippen LogP contribution >= 0.6 is 0 Å². The normalized spacial score (nSPS) is 12.5. The lowest BCUT2D eigenvalue weighted by atomic mass is 9.98. The first kappa shape index (κ1) is 26.3. The third-order valence-electron chi connectivity index (χ3n) is 5.75. The highest BCUT2D eigenvalue weighted by molar-refractivity contribution is 5.94. The van der Waals surface area contributed by atoms with Gasteiger partial charge in [0.25, 0.3) is 0 Å². The van der Waals surface area contributed by atoms with Crippen LogP contribution in [0.4, 0.5) is 5.69 Å². The van der Waals surface area contributed by atoms with Gasteiger partial charge in [0.2, 0.25) is 6.41 Å². The number of carbonyl (C=O) groups is 2. The SMILES string of the molecule is C/C=C/C(=C\NCCNC=O)c1oc2c(C(C)Nc3ccccc3C(=O)O)cc(C)cc2c(=O)c1C. The summed E-state index contributed by atoms with van der Waals surface area (Å²) < 4.78 is 6.40. The van der Waals surface area contributed by atoms with Crippen LogP contribution < -0.4 is 21.4 Å². The molecule has 1 unspecified atom stereocenters. The second-order valence-electron chi connectivity index (χ2n) is 8.46. The third kappa shape index (κ3) is 5.83. The molecule has 3 aromatic rings. The number of nitrogens with one attached hydrogen (secondary N) is 3. The molecule has 0 fully saturated rings. The summed E-state index contributed by atoms with van der Waals surface area (Å²) in [6, 6.07) is 10.1. The van der Waals surface area contributed by atoms with Crippen LogP contribution in [0.1, 0.15) is 52.7 Å². The number of hydrogen-bond donors (Lipinski definition) is 4. The minimum Gasteiger partial charge on any atom is -0.478 e. The Morgan fingerprint density at radius 1 is 1.14 bits per heavy atom. The maximum absolute atomic E-state index is 13.4. The highest BCUT2D eigenvalue weighted by atomic mass is 16.4. The van der Waals surface area contributed by atoms with E-state index in [2.05, 4.69) is 16.0 Å². The van der Waals surface area contributed by atoms with Gasteiger partial charge in [0.05, 0.1) is 17.0 Å². The number of benzene rings is 2. The van der Waals surface area contributed by atoms with E-state index in [9.17, 15) is 19.5 Å². The Labute approximate surface area is 209 Å². The van der Waals surface area contributed by atoms with Gasteiger partial charge in [-0.2, -0.15) is 0 Å². The highest BCUT2D eigenvalue weighted by Crippen LogP contribution is 2.31. The van der Waals surface area contributed by atoms with Gasteiger partial charge in [0.15, 0.2) is 5.43 Å². The van der Waals surface area contributed by atoms with Crippen molar-refractivity contribution in [2.24, 2.45) is 0 Å². The molecule has 1 amide bonds. The molecule has 36 heavy (non-hydrogen) atoms. The minimum atomic E-state index is -1.03. The predicted octanol–water partition coefficient (Wildman–Crippen LogP) is 4.53. The summed E-state index contributed by atoms with van der Waals surface area (Å²) in [7, 11) is 0. The molecular formula is C28H31N3O5. The van der Waals surface area contributed by atoms with Crippen LogP contribution in [-0.2, 0) is 4.79 Å². The number of fused-ring (bicyclic) bond motifs is 1. The molecule has 0 saturated heterocycles. The molecule has 2 aromatic carbocycles.